The molecule has 1 unspecified atom stereocenters. The fourth-order valence-electron chi connectivity index (χ4n) is 4.38. The van der Waals surface area contributed by atoms with E-state index in [4.69, 9.17) is 4.74 Å². The molecule has 2 atom stereocenters. The predicted octanol–water partition coefficient (Wildman–Crippen LogP) is 4.46. The number of carbonyl (C=O) groups excluding carboxylic acids is 2. The molecule has 0 saturated heterocycles. The molecule has 0 aromatic heterocycles. The molecule has 0 bridgehead atoms. The molecule has 0 spiro atoms. The summed E-state index contributed by atoms with van der Waals surface area (Å²) in [4.78, 5) is 36.8. The van der Waals surface area contributed by atoms with Gasteiger partial charge in [0.1, 0.15) is 12.6 Å². The first-order valence-corrected chi connectivity index (χ1v) is 12.0. The van der Waals surface area contributed by atoms with Crippen LogP contribution in [-0.4, -0.2) is 41.8 Å². The van der Waals surface area contributed by atoms with Crippen LogP contribution in [-0.2, 0) is 14.3 Å². The summed E-state index contributed by atoms with van der Waals surface area (Å²) in [5.74, 6) is 4.00. The van der Waals surface area contributed by atoms with Gasteiger partial charge in [-0.15, -0.1) is 11.8 Å². The van der Waals surface area contributed by atoms with E-state index in [0.717, 1.165) is 35.1 Å². The summed E-state index contributed by atoms with van der Waals surface area (Å²) in [7, 11) is 0. The lowest BCUT2D eigenvalue weighted by atomic mass is 9.98. The molecule has 1 aliphatic carbocycles. The van der Waals surface area contributed by atoms with E-state index in [1.807, 2.05) is 43.3 Å². The van der Waals surface area contributed by atoms with Crippen molar-refractivity contribution in [3.05, 3.63) is 59.7 Å². The molecule has 0 aliphatic heterocycles. The van der Waals surface area contributed by atoms with Crippen LogP contribution in [0.4, 0.5) is 4.79 Å². The zero-order valence-electron chi connectivity index (χ0n) is 20.2. The molecule has 3 rings (SSSR count). The van der Waals surface area contributed by atoms with Crippen LogP contribution in [0.2, 0.25) is 0 Å². The van der Waals surface area contributed by atoms with Gasteiger partial charge in [0.2, 0.25) is 5.91 Å². The van der Waals surface area contributed by atoms with Crippen molar-refractivity contribution in [2.24, 2.45) is 0 Å². The summed E-state index contributed by atoms with van der Waals surface area (Å²) in [5.41, 5.74) is 4.45. The summed E-state index contributed by atoms with van der Waals surface area (Å²) < 4.78 is 5.56. The van der Waals surface area contributed by atoms with E-state index in [-0.39, 0.29) is 25.4 Å². The van der Waals surface area contributed by atoms with E-state index >= 15 is 0 Å². The van der Waals surface area contributed by atoms with Crippen LogP contribution in [0, 0.1) is 11.8 Å². The van der Waals surface area contributed by atoms with Gasteiger partial charge in [-0.2, -0.15) is 0 Å². The Balaban J connectivity index is 1.65. The summed E-state index contributed by atoms with van der Waals surface area (Å²) in [6.07, 6.45) is 1.43. The highest BCUT2D eigenvalue weighted by molar-refractivity contribution is 5.86. The van der Waals surface area contributed by atoms with Crippen molar-refractivity contribution in [3.8, 4) is 23.0 Å². The first kappa shape index (κ1) is 25.8. The third-order valence-corrected chi connectivity index (χ3v) is 6.11. The number of benzene rings is 2. The first-order valence-electron chi connectivity index (χ1n) is 12.0. The minimum absolute atomic E-state index is 0.0927. The molecule has 184 valence electrons. The largest absolute Gasteiger partial charge is 0.481 e. The SMILES string of the molecule is CC#CCC(NC(=O)OCC1c2ccccc2-c2ccccc21)C(=O)N[C@H](CCCC)CC(=O)O. The number of carboxylic acid groups (broad SMARTS) is 1. The van der Waals surface area contributed by atoms with Gasteiger partial charge >= 0.3 is 12.1 Å². The fraction of sp³-hybridized carbons (Fsp3) is 0.393. The maximum absolute atomic E-state index is 12.9. The molecule has 2 amide bonds. The Kier molecular flexibility index (Phi) is 9.31. The molecule has 2 aromatic rings. The van der Waals surface area contributed by atoms with Gasteiger partial charge in [-0.25, -0.2) is 4.79 Å². The minimum atomic E-state index is -0.985. The number of rotatable bonds is 11. The van der Waals surface area contributed by atoms with Crippen molar-refractivity contribution in [1.29, 1.82) is 0 Å². The molecule has 1 aliphatic rings. The lowest BCUT2D eigenvalue weighted by molar-refractivity contribution is -0.137. The Labute approximate surface area is 206 Å². The average molecular weight is 477 g/mol. The number of ether oxygens (including phenoxy) is 1. The highest BCUT2D eigenvalue weighted by Crippen LogP contribution is 2.44. The summed E-state index contributed by atoms with van der Waals surface area (Å²) in [6.45, 7) is 3.78. The highest BCUT2D eigenvalue weighted by atomic mass is 16.5. The van der Waals surface area contributed by atoms with Crippen molar-refractivity contribution < 1.29 is 24.2 Å². The molecule has 7 heteroatoms. The van der Waals surface area contributed by atoms with Crippen molar-refractivity contribution in [3.63, 3.8) is 0 Å². The number of unbranched alkanes of at least 4 members (excludes halogenated alkanes) is 1. The second-order valence-corrected chi connectivity index (χ2v) is 8.60. The highest BCUT2D eigenvalue weighted by Gasteiger charge is 2.30. The number of carboxylic acids is 1. The maximum atomic E-state index is 12.9. The summed E-state index contributed by atoms with van der Waals surface area (Å²) in [6, 6.07) is 14.6. The van der Waals surface area contributed by atoms with Crippen molar-refractivity contribution in [2.45, 2.75) is 64.0 Å². The fourth-order valence-corrected chi connectivity index (χ4v) is 4.38. The van der Waals surface area contributed by atoms with Gasteiger partial charge < -0.3 is 20.5 Å². The second-order valence-electron chi connectivity index (χ2n) is 8.60. The van der Waals surface area contributed by atoms with Crippen molar-refractivity contribution >= 4 is 18.0 Å². The van der Waals surface area contributed by atoms with Gasteiger partial charge in [-0.1, -0.05) is 68.3 Å². The smallest absolute Gasteiger partial charge is 0.407 e. The van der Waals surface area contributed by atoms with E-state index < -0.39 is 30.1 Å². The van der Waals surface area contributed by atoms with Gasteiger partial charge in [0.15, 0.2) is 0 Å². The lowest BCUT2D eigenvalue weighted by Gasteiger charge is -2.22. The minimum Gasteiger partial charge on any atom is -0.481 e. The Bertz CT molecular complexity index is 1070. The van der Waals surface area contributed by atoms with Crippen LogP contribution in [0.25, 0.3) is 11.1 Å². The zero-order chi connectivity index (χ0) is 25.2. The molecule has 7 nitrogen and oxygen atoms in total. The normalized spacial score (nSPS) is 13.4. The molecule has 3 N–H and O–H groups in total. The second kappa shape index (κ2) is 12.6. The topological polar surface area (TPSA) is 105 Å². The number of amides is 2. The molecule has 35 heavy (non-hydrogen) atoms. The van der Waals surface area contributed by atoms with Crippen LogP contribution in [0.1, 0.15) is 63.0 Å². The van der Waals surface area contributed by atoms with Gasteiger partial charge in [0.25, 0.3) is 0 Å². The van der Waals surface area contributed by atoms with Crippen LogP contribution in [0.15, 0.2) is 48.5 Å². The first-order chi connectivity index (χ1) is 16.9. The molecule has 2 aromatic carbocycles. The van der Waals surface area contributed by atoms with Crippen molar-refractivity contribution in [2.75, 3.05) is 6.61 Å². The molecule has 0 fully saturated rings. The molecular formula is C28H32N2O5. The van der Waals surface area contributed by atoms with Crippen molar-refractivity contribution in [1.82, 2.24) is 10.6 Å². The average Bonchev–Trinajstić information content (AvgIpc) is 3.17. The van der Waals surface area contributed by atoms with E-state index in [1.165, 1.54) is 0 Å². The summed E-state index contributed by atoms with van der Waals surface area (Å²) >= 11 is 0. The molecule has 0 heterocycles. The number of nitrogens with one attached hydrogen (secondary N) is 2. The van der Waals surface area contributed by atoms with Gasteiger partial charge in [-0.05, 0) is 35.6 Å². The van der Waals surface area contributed by atoms with Gasteiger partial charge in [0, 0.05) is 18.4 Å². The Morgan fingerprint density at radius 3 is 2.23 bits per heavy atom. The van der Waals surface area contributed by atoms with Gasteiger partial charge in [0.05, 0.1) is 6.42 Å². The number of aliphatic carboxylic acids is 1. The number of alkyl carbamates (subject to hydrolysis) is 1. The van der Waals surface area contributed by atoms with Crippen LogP contribution in [0.3, 0.4) is 0 Å². The quantitative estimate of drug-likeness (QED) is 0.416. The van der Waals surface area contributed by atoms with E-state index in [0.29, 0.717) is 6.42 Å². The number of carbonyl (C=O) groups is 3. The summed E-state index contributed by atoms with van der Waals surface area (Å²) in [5, 5.41) is 14.5. The standard InChI is InChI=1S/C28H32N2O5/c1-3-5-11-19(17-26(31)32)29-27(33)25(16-6-4-2)30-28(34)35-18-24-22-14-9-7-12-20(22)21-13-8-10-15-23(21)24/h7-10,12-15,19,24-25H,3,5,11,16-18H2,1-2H3,(H,29,33)(H,30,34)(H,31,32)/t19-,25?/m1/s1. The van der Waals surface area contributed by atoms with E-state index in [2.05, 4.69) is 34.6 Å². The molecule has 0 saturated carbocycles. The zero-order valence-corrected chi connectivity index (χ0v) is 20.2. The number of hydrogen-bond acceptors (Lipinski definition) is 4. The maximum Gasteiger partial charge on any atom is 0.407 e. The number of hydrogen-bond donors (Lipinski definition) is 3. The molecule has 0 radical (unpaired) electrons. The lowest BCUT2D eigenvalue weighted by Crippen LogP contribution is -2.50. The van der Waals surface area contributed by atoms with E-state index in [9.17, 15) is 19.5 Å². The van der Waals surface area contributed by atoms with Crippen LogP contribution in [0.5, 0.6) is 0 Å². The Hall–Kier alpha value is -3.79. The Morgan fingerprint density at radius 1 is 1.03 bits per heavy atom. The van der Waals surface area contributed by atoms with Crippen LogP contribution >= 0.6 is 0 Å². The van der Waals surface area contributed by atoms with Gasteiger partial charge in [-0.3, -0.25) is 9.59 Å². The Morgan fingerprint density at radius 2 is 1.66 bits per heavy atom. The predicted molar refractivity (Wildman–Crippen MR) is 134 cm³/mol. The number of fused-ring (bicyclic) bond motifs is 3. The van der Waals surface area contributed by atoms with E-state index in [1.54, 1.807) is 6.92 Å². The monoisotopic (exact) mass is 476 g/mol. The van der Waals surface area contributed by atoms with Crippen LogP contribution < -0.4 is 10.6 Å². The molecular weight excluding hydrogens is 444 g/mol. The third-order valence-electron chi connectivity index (χ3n) is 6.11. The third kappa shape index (κ3) is 6.86.